The van der Waals surface area contributed by atoms with Gasteiger partial charge in [0.05, 0.1) is 0 Å². The number of pyridine rings is 1. The number of rotatable bonds is 3. The topological polar surface area (TPSA) is 36.7 Å². The summed E-state index contributed by atoms with van der Waals surface area (Å²) in [6.07, 6.45) is 2.74. The Kier molecular flexibility index (Phi) is 3.78. The van der Waals surface area contributed by atoms with E-state index < -0.39 is 0 Å². The van der Waals surface area contributed by atoms with Gasteiger partial charge in [-0.25, -0.2) is 4.98 Å². The first-order valence-electron chi connectivity index (χ1n) is 4.33. The molecule has 0 atom stereocenters. The van der Waals surface area contributed by atoms with Crippen LogP contribution in [-0.4, -0.2) is 10.7 Å². The van der Waals surface area contributed by atoms with Crippen LogP contribution in [0.2, 0.25) is 0 Å². The van der Waals surface area contributed by atoms with Crippen LogP contribution in [-0.2, 0) is 6.42 Å². The molecule has 0 saturated carbocycles. The van der Waals surface area contributed by atoms with Crippen LogP contribution in [0.4, 0.5) is 0 Å². The summed E-state index contributed by atoms with van der Waals surface area (Å²) in [5, 5.41) is 8.78. The molecule has 2 nitrogen and oxygen atoms in total. The van der Waals surface area contributed by atoms with Gasteiger partial charge in [-0.3, -0.25) is 0 Å². The van der Waals surface area contributed by atoms with Crippen LogP contribution in [0.3, 0.4) is 0 Å². The molecule has 0 unspecified atom stereocenters. The van der Waals surface area contributed by atoms with Crippen LogP contribution in [0.15, 0.2) is 17.2 Å². The van der Waals surface area contributed by atoms with Crippen molar-refractivity contribution in [2.45, 2.75) is 25.2 Å². The van der Waals surface area contributed by atoms with Gasteiger partial charge in [-0.2, -0.15) is 5.26 Å². The first-order valence-corrected chi connectivity index (χ1v) is 5.32. The van der Waals surface area contributed by atoms with Crippen LogP contribution in [0, 0.1) is 11.3 Å². The van der Waals surface area contributed by atoms with E-state index in [9.17, 15) is 0 Å². The number of nitriles is 1. The molecule has 1 aromatic rings. The molecule has 0 aliphatic rings. The van der Waals surface area contributed by atoms with Crippen molar-refractivity contribution in [3.63, 3.8) is 0 Å². The first kappa shape index (κ1) is 10.1. The Morgan fingerprint density at radius 3 is 2.85 bits per heavy atom. The summed E-state index contributed by atoms with van der Waals surface area (Å²) in [6.45, 7) is 4.16. The molecule has 0 aromatic carbocycles. The van der Waals surface area contributed by atoms with Crippen LogP contribution in [0.5, 0.6) is 0 Å². The van der Waals surface area contributed by atoms with Gasteiger partial charge in [0.1, 0.15) is 6.07 Å². The quantitative estimate of drug-likeness (QED) is 0.691. The Morgan fingerprint density at radius 1 is 1.54 bits per heavy atom. The average molecular weight is 192 g/mol. The number of aryl methyl sites for hydroxylation is 1. The van der Waals surface area contributed by atoms with Gasteiger partial charge in [0.25, 0.3) is 0 Å². The molecule has 0 aliphatic carbocycles. The number of nitrogens with zero attached hydrogens (tertiary/aromatic N) is 2. The molecule has 68 valence electrons. The van der Waals surface area contributed by atoms with Crippen molar-refractivity contribution in [3.8, 4) is 6.07 Å². The molecule has 1 heterocycles. The van der Waals surface area contributed by atoms with E-state index in [4.69, 9.17) is 5.26 Å². The van der Waals surface area contributed by atoms with E-state index in [-0.39, 0.29) is 0 Å². The van der Waals surface area contributed by atoms with E-state index >= 15 is 0 Å². The third-order valence-electron chi connectivity index (χ3n) is 1.72. The summed E-state index contributed by atoms with van der Waals surface area (Å²) in [4.78, 5) is 5.11. The molecule has 0 radical (unpaired) electrons. The van der Waals surface area contributed by atoms with E-state index in [0.29, 0.717) is 5.69 Å². The van der Waals surface area contributed by atoms with Crippen LogP contribution < -0.4 is 0 Å². The summed E-state index contributed by atoms with van der Waals surface area (Å²) in [5.74, 6) is 0.976. The molecule has 0 amide bonds. The lowest BCUT2D eigenvalue weighted by atomic mass is 10.2. The summed E-state index contributed by atoms with van der Waals surface area (Å²) in [6, 6.07) is 4.16. The van der Waals surface area contributed by atoms with Crippen molar-refractivity contribution in [3.05, 3.63) is 23.5 Å². The molecule has 0 fully saturated rings. The minimum absolute atomic E-state index is 0.545. The fourth-order valence-electron chi connectivity index (χ4n) is 1.03. The maximum Gasteiger partial charge on any atom is 0.153 e. The van der Waals surface area contributed by atoms with Gasteiger partial charge < -0.3 is 0 Å². The average Bonchev–Trinajstić information content (AvgIpc) is 2.18. The maximum absolute atomic E-state index is 8.78. The lowest BCUT2D eigenvalue weighted by Crippen LogP contribution is -1.90. The van der Waals surface area contributed by atoms with E-state index in [1.807, 2.05) is 0 Å². The third-order valence-corrected chi connectivity index (χ3v) is 2.63. The van der Waals surface area contributed by atoms with Gasteiger partial charge in [0, 0.05) is 11.1 Å². The highest BCUT2D eigenvalue weighted by atomic mass is 32.2. The van der Waals surface area contributed by atoms with Gasteiger partial charge in [0.15, 0.2) is 5.69 Å². The normalized spacial score (nSPS) is 9.62. The monoisotopic (exact) mass is 192 g/mol. The summed E-state index contributed by atoms with van der Waals surface area (Å²) in [5.41, 5.74) is 1.74. The van der Waals surface area contributed by atoms with Gasteiger partial charge in [0.2, 0.25) is 0 Å². The highest BCUT2D eigenvalue weighted by Crippen LogP contribution is 2.21. The molecule has 3 heteroatoms. The van der Waals surface area contributed by atoms with E-state index in [1.165, 1.54) is 5.56 Å². The molecule has 13 heavy (non-hydrogen) atoms. The number of hydrogen-bond acceptors (Lipinski definition) is 3. The Balaban J connectivity index is 3.04. The second-order valence-electron chi connectivity index (χ2n) is 2.59. The zero-order chi connectivity index (χ0) is 9.68. The molecule has 0 N–H and O–H groups in total. The van der Waals surface area contributed by atoms with Crippen LogP contribution >= 0.6 is 11.8 Å². The standard InChI is InChI=1S/C10H12N2S/c1-3-8-5-10(13-4-2)9(6-11)12-7-8/h5,7H,3-4H2,1-2H3. The Labute approximate surface area is 83.0 Å². The Bertz CT molecular complexity index is 328. The Morgan fingerprint density at radius 2 is 2.31 bits per heavy atom. The van der Waals surface area contributed by atoms with Crippen LogP contribution in [0.25, 0.3) is 0 Å². The Hall–Kier alpha value is -1.01. The summed E-state index contributed by atoms with van der Waals surface area (Å²) in [7, 11) is 0. The van der Waals surface area contributed by atoms with Gasteiger partial charge in [-0.05, 0) is 23.8 Å². The zero-order valence-electron chi connectivity index (χ0n) is 7.87. The van der Waals surface area contributed by atoms with E-state index in [2.05, 4.69) is 31.0 Å². The van der Waals surface area contributed by atoms with Crippen molar-refractivity contribution in [1.82, 2.24) is 4.98 Å². The van der Waals surface area contributed by atoms with Gasteiger partial charge >= 0.3 is 0 Å². The van der Waals surface area contributed by atoms with Crippen molar-refractivity contribution in [1.29, 1.82) is 5.26 Å². The lowest BCUT2D eigenvalue weighted by molar-refractivity contribution is 1.06. The molecule has 0 saturated heterocycles. The summed E-state index contributed by atoms with van der Waals surface area (Å²) >= 11 is 1.67. The van der Waals surface area contributed by atoms with Gasteiger partial charge in [-0.1, -0.05) is 13.8 Å². The maximum atomic E-state index is 8.78. The van der Waals surface area contributed by atoms with Crippen molar-refractivity contribution in [2.75, 3.05) is 5.75 Å². The van der Waals surface area contributed by atoms with Crippen LogP contribution in [0.1, 0.15) is 25.1 Å². The highest BCUT2D eigenvalue weighted by Gasteiger charge is 2.03. The minimum atomic E-state index is 0.545. The molecule has 1 rings (SSSR count). The SMILES string of the molecule is CCSc1cc(CC)cnc1C#N. The molecule has 0 aliphatic heterocycles. The fraction of sp³-hybridized carbons (Fsp3) is 0.400. The number of aromatic nitrogens is 1. The lowest BCUT2D eigenvalue weighted by Gasteiger charge is -2.02. The number of thioether (sulfide) groups is 1. The molecule has 0 spiro atoms. The second kappa shape index (κ2) is 4.88. The zero-order valence-corrected chi connectivity index (χ0v) is 8.69. The predicted molar refractivity (Wildman–Crippen MR) is 54.7 cm³/mol. The highest BCUT2D eigenvalue weighted by molar-refractivity contribution is 7.99. The first-order chi connectivity index (χ1) is 6.31. The predicted octanol–water partition coefficient (Wildman–Crippen LogP) is 2.63. The molecular formula is C10H12N2S. The van der Waals surface area contributed by atoms with Crippen molar-refractivity contribution >= 4 is 11.8 Å². The van der Waals surface area contributed by atoms with E-state index in [1.54, 1.807) is 18.0 Å². The van der Waals surface area contributed by atoms with E-state index in [0.717, 1.165) is 17.1 Å². The second-order valence-corrected chi connectivity index (χ2v) is 3.89. The van der Waals surface area contributed by atoms with Gasteiger partial charge in [-0.15, -0.1) is 11.8 Å². The summed E-state index contributed by atoms with van der Waals surface area (Å²) < 4.78 is 0. The smallest absolute Gasteiger partial charge is 0.153 e. The number of hydrogen-bond donors (Lipinski definition) is 0. The third kappa shape index (κ3) is 2.46. The largest absolute Gasteiger partial charge is 0.244 e. The molecular weight excluding hydrogens is 180 g/mol. The molecule has 1 aromatic heterocycles. The van der Waals surface area contributed by atoms with Crippen molar-refractivity contribution < 1.29 is 0 Å². The molecule has 0 bridgehead atoms. The fourth-order valence-corrected chi connectivity index (χ4v) is 1.81. The minimum Gasteiger partial charge on any atom is -0.244 e. The van der Waals surface area contributed by atoms with Crippen molar-refractivity contribution in [2.24, 2.45) is 0 Å².